The first kappa shape index (κ1) is 20.3. The molecule has 148 valence electrons. The third-order valence-electron chi connectivity index (χ3n) is 5.48. The van der Waals surface area contributed by atoms with E-state index in [1.165, 1.54) is 5.56 Å². The lowest BCUT2D eigenvalue weighted by Crippen LogP contribution is -2.49. The summed E-state index contributed by atoms with van der Waals surface area (Å²) in [5.41, 5.74) is 3.04. The van der Waals surface area contributed by atoms with Crippen molar-refractivity contribution >= 4 is 12.0 Å². The highest BCUT2D eigenvalue weighted by Gasteiger charge is 2.25. The molecule has 1 atom stereocenters. The Hall–Kier alpha value is -2.43. The molecule has 0 aromatic heterocycles. The van der Waals surface area contributed by atoms with Crippen molar-refractivity contribution in [2.75, 3.05) is 39.3 Å². The Morgan fingerprint density at radius 3 is 2.21 bits per heavy atom. The van der Waals surface area contributed by atoms with Crippen molar-refractivity contribution in [3.63, 3.8) is 0 Å². The molecule has 4 nitrogen and oxygen atoms in total. The molecular formula is C24H31N3O. The number of nitrogens with zero attached hydrogens (tertiary/aromatic N) is 2. The summed E-state index contributed by atoms with van der Waals surface area (Å²) in [6.45, 7) is 10.0. The van der Waals surface area contributed by atoms with Gasteiger partial charge in [-0.1, -0.05) is 67.6 Å². The number of carbonyl (C=O) groups excluding carboxylic acids is 1. The van der Waals surface area contributed by atoms with Crippen LogP contribution in [0.4, 0.5) is 0 Å². The van der Waals surface area contributed by atoms with E-state index in [-0.39, 0.29) is 11.9 Å². The van der Waals surface area contributed by atoms with Gasteiger partial charge in [0.15, 0.2) is 0 Å². The van der Waals surface area contributed by atoms with Crippen LogP contribution in [0.3, 0.4) is 0 Å². The quantitative estimate of drug-likeness (QED) is 0.749. The van der Waals surface area contributed by atoms with Crippen molar-refractivity contribution in [1.29, 1.82) is 0 Å². The van der Waals surface area contributed by atoms with Gasteiger partial charge in [0.1, 0.15) is 0 Å². The number of hydrogen-bond donors (Lipinski definition) is 1. The van der Waals surface area contributed by atoms with E-state index in [9.17, 15) is 4.79 Å². The van der Waals surface area contributed by atoms with Crippen LogP contribution in [0.5, 0.6) is 0 Å². The first-order valence-corrected chi connectivity index (χ1v) is 10.2. The van der Waals surface area contributed by atoms with E-state index in [2.05, 4.69) is 46.3 Å². The van der Waals surface area contributed by atoms with E-state index in [1.54, 1.807) is 0 Å². The van der Waals surface area contributed by atoms with Crippen LogP contribution in [0, 0.1) is 0 Å². The van der Waals surface area contributed by atoms with Crippen molar-refractivity contribution in [2.24, 2.45) is 0 Å². The van der Waals surface area contributed by atoms with Crippen molar-refractivity contribution < 1.29 is 4.79 Å². The minimum atomic E-state index is -0.00280. The Balaban J connectivity index is 1.66. The van der Waals surface area contributed by atoms with Crippen molar-refractivity contribution in [3.05, 3.63) is 77.4 Å². The molecular weight excluding hydrogens is 346 g/mol. The van der Waals surface area contributed by atoms with Gasteiger partial charge in [-0.2, -0.15) is 0 Å². The number of carbonyl (C=O) groups is 1. The van der Waals surface area contributed by atoms with Crippen LogP contribution < -0.4 is 5.32 Å². The Morgan fingerprint density at radius 2 is 1.61 bits per heavy atom. The number of rotatable bonds is 7. The Labute approximate surface area is 168 Å². The molecule has 1 fully saturated rings. The number of likely N-dealkylation sites (N-methyl/N-ethyl adjacent to an activating group) is 1. The normalized spacial score (nSPS) is 17.3. The minimum absolute atomic E-state index is 0.00280. The molecule has 1 saturated heterocycles. The Bertz CT molecular complexity index is 765. The van der Waals surface area contributed by atoms with Gasteiger partial charge < -0.3 is 10.2 Å². The molecule has 2 aromatic rings. The zero-order valence-corrected chi connectivity index (χ0v) is 17.0. The highest BCUT2D eigenvalue weighted by atomic mass is 16.1. The predicted molar refractivity (Wildman–Crippen MR) is 116 cm³/mol. The lowest BCUT2D eigenvalue weighted by Gasteiger charge is -2.39. The second kappa shape index (κ2) is 10.2. The summed E-state index contributed by atoms with van der Waals surface area (Å²) in [7, 11) is 0. The first-order chi connectivity index (χ1) is 13.7. The Kier molecular flexibility index (Phi) is 7.40. The summed E-state index contributed by atoms with van der Waals surface area (Å²) < 4.78 is 0. The van der Waals surface area contributed by atoms with Gasteiger partial charge in [0.2, 0.25) is 5.91 Å². The summed E-state index contributed by atoms with van der Waals surface area (Å²) >= 11 is 0. The number of nitrogens with one attached hydrogen (secondary N) is 1. The maximum Gasteiger partial charge on any atom is 0.247 e. The molecule has 1 amide bonds. The third-order valence-corrected chi connectivity index (χ3v) is 5.48. The van der Waals surface area contributed by atoms with Crippen molar-refractivity contribution in [3.8, 4) is 0 Å². The monoisotopic (exact) mass is 377 g/mol. The SMILES string of the molecule is CCN1CCN(C(CNC(=O)/C(C)=C/c2ccccc2)c2ccccc2)CC1. The number of piperazine rings is 1. The number of hydrogen-bond acceptors (Lipinski definition) is 3. The van der Waals surface area contributed by atoms with Gasteiger partial charge in [0, 0.05) is 38.3 Å². The fourth-order valence-electron chi connectivity index (χ4n) is 3.72. The van der Waals surface area contributed by atoms with Crippen LogP contribution in [0.2, 0.25) is 0 Å². The zero-order valence-electron chi connectivity index (χ0n) is 17.0. The molecule has 0 saturated carbocycles. The fourth-order valence-corrected chi connectivity index (χ4v) is 3.72. The highest BCUT2D eigenvalue weighted by Crippen LogP contribution is 2.21. The lowest BCUT2D eigenvalue weighted by molar-refractivity contribution is -0.117. The molecule has 4 heteroatoms. The molecule has 0 spiro atoms. The molecule has 1 N–H and O–H groups in total. The maximum atomic E-state index is 12.7. The van der Waals surface area contributed by atoms with Crippen LogP contribution in [0.1, 0.15) is 31.0 Å². The first-order valence-electron chi connectivity index (χ1n) is 10.2. The fraction of sp³-hybridized carbons (Fsp3) is 0.375. The second-order valence-corrected chi connectivity index (χ2v) is 7.34. The van der Waals surface area contributed by atoms with E-state index in [1.807, 2.05) is 49.4 Å². The molecule has 1 heterocycles. The van der Waals surface area contributed by atoms with Crippen molar-refractivity contribution in [1.82, 2.24) is 15.1 Å². The minimum Gasteiger partial charge on any atom is -0.350 e. The zero-order chi connectivity index (χ0) is 19.8. The molecule has 2 aromatic carbocycles. The summed E-state index contributed by atoms with van der Waals surface area (Å²) in [5, 5.41) is 3.16. The van der Waals surface area contributed by atoms with Crippen LogP contribution in [0.25, 0.3) is 6.08 Å². The van der Waals surface area contributed by atoms with Gasteiger partial charge in [-0.15, -0.1) is 0 Å². The second-order valence-electron chi connectivity index (χ2n) is 7.34. The molecule has 0 aliphatic carbocycles. The molecule has 28 heavy (non-hydrogen) atoms. The number of benzene rings is 2. The van der Waals surface area contributed by atoms with Crippen LogP contribution in [-0.2, 0) is 4.79 Å². The number of amides is 1. The molecule has 1 aliphatic heterocycles. The van der Waals surface area contributed by atoms with Crippen LogP contribution in [0.15, 0.2) is 66.2 Å². The molecule has 0 radical (unpaired) electrons. The molecule has 0 bridgehead atoms. The van der Waals surface area contributed by atoms with Gasteiger partial charge in [-0.05, 0) is 30.7 Å². The van der Waals surface area contributed by atoms with E-state index in [0.29, 0.717) is 6.54 Å². The molecule has 1 unspecified atom stereocenters. The van der Waals surface area contributed by atoms with E-state index >= 15 is 0 Å². The standard InChI is InChI=1S/C24H31N3O/c1-3-26-14-16-27(17-15-26)23(22-12-8-5-9-13-22)19-25-24(28)20(2)18-21-10-6-4-7-11-21/h4-13,18,23H,3,14-17,19H2,1-2H3,(H,25,28)/b20-18+. The van der Waals surface area contributed by atoms with Gasteiger partial charge >= 0.3 is 0 Å². The maximum absolute atomic E-state index is 12.7. The Morgan fingerprint density at radius 1 is 1.00 bits per heavy atom. The topological polar surface area (TPSA) is 35.6 Å². The lowest BCUT2D eigenvalue weighted by atomic mass is 10.0. The summed E-state index contributed by atoms with van der Waals surface area (Å²) in [6, 6.07) is 20.7. The largest absolute Gasteiger partial charge is 0.350 e. The summed E-state index contributed by atoms with van der Waals surface area (Å²) in [4.78, 5) is 17.6. The third kappa shape index (κ3) is 5.54. The van der Waals surface area contributed by atoms with Crippen molar-refractivity contribution in [2.45, 2.75) is 19.9 Å². The smallest absolute Gasteiger partial charge is 0.247 e. The average Bonchev–Trinajstić information content (AvgIpc) is 2.75. The predicted octanol–water partition coefficient (Wildman–Crippen LogP) is 3.58. The van der Waals surface area contributed by atoms with E-state index < -0.39 is 0 Å². The van der Waals surface area contributed by atoms with Crippen LogP contribution in [-0.4, -0.2) is 55.0 Å². The van der Waals surface area contributed by atoms with Gasteiger partial charge in [0.25, 0.3) is 0 Å². The van der Waals surface area contributed by atoms with Crippen LogP contribution >= 0.6 is 0 Å². The molecule has 1 aliphatic rings. The van der Waals surface area contributed by atoms with E-state index in [4.69, 9.17) is 0 Å². The van der Waals surface area contributed by atoms with Gasteiger partial charge in [-0.25, -0.2) is 0 Å². The molecule has 3 rings (SSSR count). The van der Waals surface area contributed by atoms with E-state index in [0.717, 1.165) is 43.9 Å². The van der Waals surface area contributed by atoms with Gasteiger partial charge in [-0.3, -0.25) is 9.69 Å². The summed E-state index contributed by atoms with van der Waals surface area (Å²) in [6.07, 6.45) is 1.94. The highest BCUT2D eigenvalue weighted by molar-refractivity contribution is 5.97. The summed E-state index contributed by atoms with van der Waals surface area (Å²) in [5.74, 6) is -0.00280. The average molecular weight is 378 g/mol. The van der Waals surface area contributed by atoms with Gasteiger partial charge in [0.05, 0.1) is 6.04 Å².